The average molecular weight is 305 g/mol. The molecule has 0 spiro atoms. The Morgan fingerprint density at radius 1 is 1.37 bits per heavy atom. The third-order valence-corrected chi connectivity index (χ3v) is 4.07. The van der Waals surface area contributed by atoms with Gasteiger partial charge in [-0.1, -0.05) is 23.2 Å². The predicted octanol–water partition coefficient (Wildman–Crippen LogP) is 2.90. The van der Waals surface area contributed by atoms with Gasteiger partial charge in [0.2, 0.25) is 0 Å². The number of hydrazine groups is 1. The molecule has 19 heavy (non-hydrogen) atoms. The lowest BCUT2D eigenvalue weighted by atomic mass is 10.0. The lowest BCUT2D eigenvalue weighted by Crippen LogP contribution is -2.19. The topological polar surface area (TPSA) is 72.2 Å². The first-order valence-corrected chi connectivity index (χ1v) is 6.91. The minimum Gasteiger partial charge on any atom is -0.385 e. The molecule has 0 aliphatic heterocycles. The number of pyridine rings is 1. The molecule has 4 N–H and O–H groups in total. The number of nitrogens with zero attached hydrogens (tertiary/aromatic N) is 1. The van der Waals surface area contributed by atoms with Crippen LogP contribution in [0, 0.1) is 5.41 Å². The first kappa shape index (κ1) is 14.7. The van der Waals surface area contributed by atoms with Gasteiger partial charge in [0.25, 0.3) is 0 Å². The molecule has 1 aromatic heterocycles. The van der Waals surface area contributed by atoms with Crippen LogP contribution < -0.4 is 16.6 Å². The predicted molar refractivity (Wildman–Crippen MR) is 78.7 cm³/mol. The Morgan fingerprint density at radius 3 is 2.63 bits per heavy atom. The van der Waals surface area contributed by atoms with Crippen molar-refractivity contribution in [1.82, 2.24) is 4.98 Å². The van der Waals surface area contributed by atoms with Crippen molar-refractivity contribution in [2.24, 2.45) is 11.3 Å². The maximum Gasteiger partial charge on any atom is 0.161 e. The normalized spacial score (nSPS) is 16.2. The van der Waals surface area contributed by atoms with Gasteiger partial charge in [0, 0.05) is 20.3 Å². The van der Waals surface area contributed by atoms with Crippen molar-refractivity contribution in [2.45, 2.75) is 19.3 Å². The van der Waals surface area contributed by atoms with Crippen molar-refractivity contribution in [3.05, 3.63) is 16.1 Å². The van der Waals surface area contributed by atoms with Crippen molar-refractivity contribution < 1.29 is 4.74 Å². The molecule has 0 aromatic carbocycles. The number of anilines is 2. The zero-order valence-corrected chi connectivity index (χ0v) is 12.3. The SMILES string of the molecule is COCCC1(CNc2nc(NN)c(Cl)cc2Cl)CC1. The van der Waals surface area contributed by atoms with E-state index in [1.165, 1.54) is 12.8 Å². The molecule has 1 fully saturated rings. The highest BCUT2D eigenvalue weighted by Crippen LogP contribution is 2.48. The second kappa shape index (κ2) is 6.13. The molecule has 0 atom stereocenters. The molecule has 1 saturated carbocycles. The van der Waals surface area contributed by atoms with Crippen molar-refractivity contribution in [2.75, 3.05) is 31.0 Å². The summed E-state index contributed by atoms with van der Waals surface area (Å²) in [6, 6.07) is 1.63. The maximum atomic E-state index is 6.11. The number of nitrogens with two attached hydrogens (primary N) is 1. The fourth-order valence-electron chi connectivity index (χ4n) is 1.97. The summed E-state index contributed by atoms with van der Waals surface area (Å²) < 4.78 is 5.13. The molecule has 0 amide bonds. The Hall–Kier alpha value is -0.750. The molecule has 0 saturated heterocycles. The van der Waals surface area contributed by atoms with Gasteiger partial charge in [-0.2, -0.15) is 0 Å². The minimum absolute atomic E-state index is 0.316. The van der Waals surface area contributed by atoms with Crippen LogP contribution in [0.1, 0.15) is 19.3 Å². The smallest absolute Gasteiger partial charge is 0.161 e. The van der Waals surface area contributed by atoms with Gasteiger partial charge in [-0.25, -0.2) is 10.8 Å². The number of methoxy groups -OCH3 is 1. The second-order valence-electron chi connectivity index (χ2n) is 4.89. The van der Waals surface area contributed by atoms with E-state index in [1.54, 1.807) is 13.2 Å². The van der Waals surface area contributed by atoms with Crippen LogP contribution in [0.15, 0.2) is 6.07 Å². The molecule has 0 unspecified atom stereocenters. The van der Waals surface area contributed by atoms with Gasteiger partial charge in [-0.3, -0.25) is 0 Å². The van der Waals surface area contributed by atoms with E-state index >= 15 is 0 Å². The second-order valence-corrected chi connectivity index (χ2v) is 5.70. The number of hydrogen-bond donors (Lipinski definition) is 3. The van der Waals surface area contributed by atoms with Gasteiger partial charge in [0.05, 0.1) is 10.0 Å². The van der Waals surface area contributed by atoms with Gasteiger partial charge < -0.3 is 15.5 Å². The van der Waals surface area contributed by atoms with E-state index in [0.29, 0.717) is 27.1 Å². The van der Waals surface area contributed by atoms with E-state index in [2.05, 4.69) is 15.7 Å². The zero-order chi connectivity index (χ0) is 13.9. The van der Waals surface area contributed by atoms with Crippen LogP contribution in [0.2, 0.25) is 10.0 Å². The zero-order valence-electron chi connectivity index (χ0n) is 10.8. The largest absolute Gasteiger partial charge is 0.385 e. The van der Waals surface area contributed by atoms with Crippen molar-refractivity contribution >= 4 is 34.8 Å². The van der Waals surface area contributed by atoms with E-state index in [1.807, 2.05) is 0 Å². The average Bonchev–Trinajstić information content (AvgIpc) is 3.16. The van der Waals surface area contributed by atoms with Gasteiger partial charge >= 0.3 is 0 Å². The first-order valence-electron chi connectivity index (χ1n) is 6.16. The van der Waals surface area contributed by atoms with E-state index in [-0.39, 0.29) is 0 Å². The lowest BCUT2D eigenvalue weighted by Gasteiger charge is -2.17. The Morgan fingerprint density at radius 2 is 2.05 bits per heavy atom. The molecule has 1 aliphatic rings. The van der Waals surface area contributed by atoms with Gasteiger partial charge in [0.1, 0.15) is 5.82 Å². The van der Waals surface area contributed by atoms with Crippen LogP contribution >= 0.6 is 23.2 Å². The number of nitrogen functional groups attached to an aromatic ring is 1. The standard InChI is InChI=1S/C12H18Cl2N4O/c1-19-5-4-12(2-3-12)7-16-10-8(13)6-9(14)11(17-10)18-15/h6H,2-5,7,15H2,1H3,(H2,16,17,18). The number of ether oxygens (including phenoxy) is 1. The van der Waals surface area contributed by atoms with Crippen LogP contribution in [0.25, 0.3) is 0 Å². The van der Waals surface area contributed by atoms with Crippen LogP contribution in [0.3, 0.4) is 0 Å². The number of rotatable bonds is 7. The van der Waals surface area contributed by atoms with Crippen molar-refractivity contribution in [1.29, 1.82) is 0 Å². The van der Waals surface area contributed by atoms with Crippen LogP contribution in [0.4, 0.5) is 11.6 Å². The van der Waals surface area contributed by atoms with Crippen molar-refractivity contribution in [3.63, 3.8) is 0 Å². The molecule has 7 heteroatoms. The molecule has 0 radical (unpaired) electrons. The van der Waals surface area contributed by atoms with Crippen molar-refractivity contribution in [3.8, 4) is 0 Å². The van der Waals surface area contributed by atoms with Gasteiger partial charge in [-0.15, -0.1) is 0 Å². The molecule has 0 bridgehead atoms. The lowest BCUT2D eigenvalue weighted by molar-refractivity contribution is 0.175. The van der Waals surface area contributed by atoms with E-state index in [4.69, 9.17) is 33.8 Å². The Bertz CT molecular complexity index is 452. The monoisotopic (exact) mass is 304 g/mol. The van der Waals surface area contributed by atoms with Gasteiger partial charge in [0.15, 0.2) is 5.82 Å². The summed E-state index contributed by atoms with van der Waals surface area (Å²) in [4.78, 5) is 4.26. The molecule has 106 valence electrons. The van der Waals surface area contributed by atoms with Crippen LogP contribution in [-0.4, -0.2) is 25.2 Å². The minimum atomic E-state index is 0.316. The van der Waals surface area contributed by atoms with Crippen LogP contribution in [-0.2, 0) is 4.74 Å². The Kier molecular flexibility index (Phi) is 4.73. The van der Waals surface area contributed by atoms with Crippen LogP contribution in [0.5, 0.6) is 0 Å². The molecular formula is C12H18Cl2N4O. The quantitative estimate of drug-likeness (QED) is 0.533. The molecule has 1 aliphatic carbocycles. The molecule has 5 nitrogen and oxygen atoms in total. The summed E-state index contributed by atoms with van der Waals surface area (Å²) in [6.45, 7) is 1.60. The summed E-state index contributed by atoms with van der Waals surface area (Å²) in [6.07, 6.45) is 3.46. The summed E-state index contributed by atoms with van der Waals surface area (Å²) >= 11 is 12.0. The summed E-state index contributed by atoms with van der Waals surface area (Å²) in [5.74, 6) is 6.36. The highest BCUT2D eigenvalue weighted by molar-refractivity contribution is 6.37. The summed E-state index contributed by atoms with van der Waals surface area (Å²) in [7, 11) is 1.72. The Balaban J connectivity index is 1.99. The number of aromatic nitrogens is 1. The third-order valence-electron chi connectivity index (χ3n) is 3.49. The fraction of sp³-hybridized carbons (Fsp3) is 0.583. The summed E-state index contributed by atoms with van der Waals surface area (Å²) in [5.41, 5.74) is 2.76. The number of nitrogens with one attached hydrogen (secondary N) is 2. The number of hydrogen-bond acceptors (Lipinski definition) is 5. The third kappa shape index (κ3) is 3.63. The molecule has 1 heterocycles. The summed E-state index contributed by atoms with van der Waals surface area (Å²) in [5, 5.41) is 4.17. The van der Waals surface area contributed by atoms with E-state index in [0.717, 1.165) is 19.6 Å². The highest BCUT2D eigenvalue weighted by atomic mass is 35.5. The van der Waals surface area contributed by atoms with E-state index < -0.39 is 0 Å². The highest BCUT2D eigenvalue weighted by Gasteiger charge is 2.41. The van der Waals surface area contributed by atoms with Gasteiger partial charge in [-0.05, 0) is 30.7 Å². The molecular weight excluding hydrogens is 287 g/mol. The fourth-order valence-corrected chi connectivity index (χ4v) is 2.45. The maximum absolute atomic E-state index is 6.11. The first-order chi connectivity index (χ1) is 9.10. The molecule has 2 rings (SSSR count). The molecule has 1 aromatic rings. The number of halogens is 2. The Labute approximate surface area is 122 Å². The van der Waals surface area contributed by atoms with E-state index in [9.17, 15) is 0 Å².